The molecule has 0 fully saturated rings. The second kappa shape index (κ2) is 3.10. The molecule has 0 spiro atoms. The first-order chi connectivity index (χ1) is 5.27. The summed E-state index contributed by atoms with van der Waals surface area (Å²) in [5, 5.41) is 0. The Morgan fingerprint density at radius 2 is 1.91 bits per heavy atom. The normalized spacial score (nSPS) is 9.18. The first kappa shape index (κ1) is 7.66. The highest BCUT2D eigenvalue weighted by molar-refractivity contribution is 5.81. The lowest BCUT2D eigenvalue weighted by atomic mass is 10.1. The van der Waals surface area contributed by atoms with Gasteiger partial charge in [0.2, 0.25) is 0 Å². The summed E-state index contributed by atoms with van der Waals surface area (Å²) in [6.45, 7) is 1.80. The second-order valence-corrected chi connectivity index (χ2v) is 2.35. The van der Waals surface area contributed by atoms with E-state index in [0.717, 1.165) is 18.1 Å². The van der Waals surface area contributed by atoms with Gasteiger partial charge in [-0.15, -0.1) is 0 Å². The molecule has 0 unspecified atom stereocenters. The predicted molar refractivity (Wildman–Crippen MR) is 42.0 cm³/mol. The third-order valence-electron chi connectivity index (χ3n) is 1.56. The summed E-state index contributed by atoms with van der Waals surface area (Å²) in [4.78, 5) is 20.6. The van der Waals surface area contributed by atoms with Crippen LogP contribution in [-0.2, 0) is 0 Å². The number of rotatable bonds is 2. The lowest BCUT2D eigenvalue weighted by molar-refractivity contribution is 0.111. The van der Waals surface area contributed by atoms with Crippen molar-refractivity contribution in [1.82, 2.24) is 0 Å². The van der Waals surface area contributed by atoms with Gasteiger partial charge in [0.25, 0.3) is 0 Å². The first-order valence-corrected chi connectivity index (χ1v) is 3.29. The summed E-state index contributed by atoms with van der Waals surface area (Å²) in [5.41, 5.74) is 2.08. The Labute approximate surface area is 64.8 Å². The lowest BCUT2D eigenvalue weighted by Crippen LogP contribution is -1.88. The van der Waals surface area contributed by atoms with Gasteiger partial charge in [0, 0.05) is 11.1 Å². The molecular formula is C9H8O2. The van der Waals surface area contributed by atoms with Crippen LogP contribution in [-0.4, -0.2) is 12.6 Å². The smallest absolute Gasteiger partial charge is 0.150 e. The number of benzene rings is 1. The zero-order valence-corrected chi connectivity index (χ0v) is 6.20. The van der Waals surface area contributed by atoms with Crippen molar-refractivity contribution in [3.63, 3.8) is 0 Å². The highest BCUT2D eigenvalue weighted by Crippen LogP contribution is 2.06. The number of aryl methyl sites for hydroxylation is 1. The Hall–Kier alpha value is -1.44. The SMILES string of the molecule is Cc1cc(C=O)ccc1C=O. The van der Waals surface area contributed by atoms with E-state index in [0.29, 0.717) is 11.1 Å². The maximum Gasteiger partial charge on any atom is 0.150 e. The number of hydrogen-bond donors (Lipinski definition) is 0. The lowest BCUT2D eigenvalue weighted by Gasteiger charge is -1.96. The van der Waals surface area contributed by atoms with Gasteiger partial charge in [0.1, 0.15) is 12.6 Å². The second-order valence-electron chi connectivity index (χ2n) is 2.35. The van der Waals surface area contributed by atoms with Crippen molar-refractivity contribution in [2.75, 3.05) is 0 Å². The van der Waals surface area contributed by atoms with Crippen molar-refractivity contribution in [2.24, 2.45) is 0 Å². The molecule has 11 heavy (non-hydrogen) atoms. The van der Waals surface area contributed by atoms with Gasteiger partial charge >= 0.3 is 0 Å². The predicted octanol–water partition coefficient (Wildman–Crippen LogP) is 1.62. The molecule has 1 aromatic rings. The Morgan fingerprint density at radius 1 is 1.18 bits per heavy atom. The van der Waals surface area contributed by atoms with E-state index >= 15 is 0 Å². The van der Waals surface area contributed by atoms with Crippen molar-refractivity contribution in [2.45, 2.75) is 6.92 Å². The Balaban J connectivity index is 3.18. The summed E-state index contributed by atoms with van der Waals surface area (Å²) in [6.07, 6.45) is 1.55. The fourth-order valence-electron chi connectivity index (χ4n) is 0.904. The number of aldehydes is 2. The van der Waals surface area contributed by atoms with Gasteiger partial charge in [-0.3, -0.25) is 9.59 Å². The molecule has 0 saturated heterocycles. The largest absolute Gasteiger partial charge is 0.298 e. The van der Waals surface area contributed by atoms with E-state index in [9.17, 15) is 9.59 Å². The van der Waals surface area contributed by atoms with Crippen LogP contribution in [0.4, 0.5) is 0 Å². The minimum atomic E-state index is 0.605. The standard InChI is InChI=1S/C9H8O2/c1-7-4-8(5-10)2-3-9(7)6-11/h2-6H,1H3. The van der Waals surface area contributed by atoms with Crippen molar-refractivity contribution >= 4 is 12.6 Å². The molecule has 0 bridgehead atoms. The maximum absolute atomic E-state index is 10.3. The topological polar surface area (TPSA) is 34.1 Å². The molecule has 0 radical (unpaired) electrons. The average molecular weight is 148 g/mol. The Morgan fingerprint density at radius 3 is 2.36 bits per heavy atom. The van der Waals surface area contributed by atoms with Crippen molar-refractivity contribution < 1.29 is 9.59 Å². The zero-order valence-electron chi connectivity index (χ0n) is 6.20. The first-order valence-electron chi connectivity index (χ1n) is 3.29. The Kier molecular flexibility index (Phi) is 2.16. The molecule has 1 rings (SSSR count). The molecule has 2 nitrogen and oxygen atoms in total. The summed E-state index contributed by atoms with van der Waals surface area (Å²) in [7, 11) is 0. The van der Waals surface area contributed by atoms with E-state index in [2.05, 4.69) is 0 Å². The van der Waals surface area contributed by atoms with Crippen molar-refractivity contribution in [3.8, 4) is 0 Å². The van der Waals surface area contributed by atoms with E-state index < -0.39 is 0 Å². The van der Waals surface area contributed by atoms with Crippen LogP contribution >= 0.6 is 0 Å². The van der Waals surface area contributed by atoms with Crippen molar-refractivity contribution in [1.29, 1.82) is 0 Å². The molecule has 0 heterocycles. The van der Waals surface area contributed by atoms with E-state index in [1.54, 1.807) is 25.1 Å². The van der Waals surface area contributed by atoms with Crippen LogP contribution in [0.1, 0.15) is 26.3 Å². The minimum absolute atomic E-state index is 0.605. The third kappa shape index (κ3) is 1.52. The number of carbonyl (C=O) groups excluding carboxylic acids is 2. The Bertz CT molecular complexity index is 290. The van der Waals surface area contributed by atoms with Crippen LogP contribution in [0.2, 0.25) is 0 Å². The molecule has 0 N–H and O–H groups in total. The molecule has 0 saturated carbocycles. The molecule has 2 heteroatoms. The number of hydrogen-bond acceptors (Lipinski definition) is 2. The summed E-state index contributed by atoms with van der Waals surface area (Å²) >= 11 is 0. The number of carbonyl (C=O) groups is 2. The van der Waals surface area contributed by atoms with Gasteiger partial charge in [-0.25, -0.2) is 0 Å². The molecule has 0 atom stereocenters. The molecule has 0 aliphatic heterocycles. The van der Waals surface area contributed by atoms with E-state index in [1.165, 1.54) is 0 Å². The fraction of sp³-hybridized carbons (Fsp3) is 0.111. The molecule has 1 aromatic carbocycles. The summed E-state index contributed by atoms with van der Waals surface area (Å²) in [5.74, 6) is 0. The van der Waals surface area contributed by atoms with Gasteiger partial charge in [-0.05, 0) is 18.6 Å². The monoisotopic (exact) mass is 148 g/mol. The van der Waals surface area contributed by atoms with Crippen LogP contribution in [0.5, 0.6) is 0 Å². The van der Waals surface area contributed by atoms with Gasteiger partial charge < -0.3 is 0 Å². The molecule has 0 aliphatic carbocycles. The van der Waals surface area contributed by atoms with Gasteiger partial charge in [-0.2, -0.15) is 0 Å². The van der Waals surface area contributed by atoms with Crippen LogP contribution < -0.4 is 0 Å². The maximum atomic E-state index is 10.3. The molecule has 0 amide bonds. The molecule has 0 aliphatic rings. The fourth-order valence-corrected chi connectivity index (χ4v) is 0.904. The van der Waals surface area contributed by atoms with Crippen LogP contribution in [0.25, 0.3) is 0 Å². The minimum Gasteiger partial charge on any atom is -0.298 e. The van der Waals surface area contributed by atoms with Gasteiger partial charge in [0.05, 0.1) is 0 Å². The van der Waals surface area contributed by atoms with Crippen molar-refractivity contribution in [3.05, 3.63) is 34.9 Å². The van der Waals surface area contributed by atoms with Crippen LogP contribution in [0.15, 0.2) is 18.2 Å². The molecule has 0 aromatic heterocycles. The third-order valence-corrected chi connectivity index (χ3v) is 1.56. The zero-order chi connectivity index (χ0) is 8.27. The van der Waals surface area contributed by atoms with Gasteiger partial charge in [0.15, 0.2) is 0 Å². The average Bonchev–Trinajstić information content (AvgIpc) is 2.04. The molecule has 56 valence electrons. The highest BCUT2D eigenvalue weighted by Gasteiger charge is 1.96. The highest BCUT2D eigenvalue weighted by atomic mass is 16.1. The summed E-state index contributed by atoms with van der Waals surface area (Å²) in [6, 6.07) is 4.96. The van der Waals surface area contributed by atoms with Crippen LogP contribution in [0.3, 0.4) is 0 Å². The molecular weight excluding hydrogens is 140 g/mol. The van der Waals surface area contributed by atoms with E-state index in [4.69, 9.17) is 0 Å². The summed E-state index contributed by atoms with van der Waals surface area (Å²) < 4.78 is 0. The van der Waals surface area contributed by atoms with Gasteiger partial charge in [-0.1, -0.05) is 12.1 Å². The quantitative estimate of drug-likeness (QED) is 0.597. The van der Waals surface area contributed by atoms with E-state index in [-0.39, 0.29) is 0 Å². The van der Waals surface area contributed by atoms with E-state index in [1.807, 2.05) is 0 Å². The van der Waals surface area contributed by atoms with Crippen LogP contribution in [0, 0.1) is 6.92 Å².